The molecular weight excluding hydrogens is 340 g/mol. The van der Waals surface area contributed by atoms with E-state index < -0.39 is 54.8 Å². The summed E-state index contributed by atoms with van der Waals surface area (Å²) in [6, 6.07) is -4.96. The molecule has 0 saturated heterocycles. The highest BCUT2D eigenvalue weighted by molar-refractivity contribution is 6.03. The lowest BCUT2D eigenvalue weighted by Gasteiger charge is -2.16. The summed E-state index contributed by atoms with van der Waals surface area (Å²) in [7, 11) is 0. The number of urea groups is 1. The lowest BCUT2D eigenvalue weighted by molar-refractivity contribution is -0.142. The second-order valence-corrected chi connectivity index (χ2v) is 5.00. The Morgan fingerprint density at radius 1 is 1.28 bits per heavy atom. The molecule has 0 aliphatic rings. The molecule has 13 nitrogen and oxygen atoms in total. The molecule has 0 unspecified atom stereocenters. The maximum absolute atomic E-state index is 11.9. The van der Waals surface area contributed by atoms with E-state index in [1.807, 2.05) is 5.32 Å². The molecule has 8 N–H and O–H groups in total. The Morgan fingerprint density at radius 2 is 1.92 bits per heavy atom. The van der Waals surface area contributed by atoms with Gasteiger partial charge in [-0.2, -0.15) is 4.98 Å². The van der Waals surface area contributed by atoms with E-state index in [-0.39, 0.29) is 11.7 Å². The van der Waals surface area contributed by atoms with Crippen LogP contribution in [0.4, 0.5) is 4.79 Å². The molecule has 1 aromatic heterocycles. The molecule has 0 bridgehead atoms. The van der Waals surface area contributed by atoms with Crippen LogP contribution >= 0.6 is 0 Å². The lowest BCUT2D eigenvalue weighted by Crippen LogP contribution is -2.50. The van der Waals surface area contributed by atoms with E-state index in [2.05, 4.69) is 15.5 Å². The van der Waals surface area contributed by atoms with Gasteiger partial charge in [0.1, 0.15) is 6.04 Å². The van der Waals surface area contributed by atoms with Crippen LogP contribution in [0.5, 0.6) is 0 Å². The molecule has 0 fully saturated rings. The minimum Gasteiger partial charge on any atom is -0.479 e. The minimum absolute atomic E-state index is 0.0682. The fourth-order valence-corrected chi connectivity index (χ4v) is 1.69. The number of primary amides is 1. The first-order valence-corrected chi connectivity index (χ1v) is 6.94. The van der Waals surface area contributed by atoms with Gasteiger partial charge in [0.25, 0.3) is 0 Å². The number of carboxylic acid groups (broad SMARTS) is 1. The summed E-state index contributed by atoms with van der Waals surface area (Å²) < 4.78 is 4.87. The van der Waals surface area contributed by atoms with Crippen LogP contribution in [0.15, 0.2) is 4.52 Å². The van der Waals surface area contributed by atoms with Crippen LogP contribution < -0.4 is 22.1 Å². The number of hydrogen-bond acceptors (Lipinski definition) is 9. The van der Waals surface area contributed by atoms with Gasteiger partial charge in [0, 0.05) is 0 Å². The number of amides is 3. The Morgan fingerprint density at radius 3 is 2.40 bits per heavy atom. The number of ketones is 1. The van der Waals surface area contributed by atoms with Gasteiger partial charge in [0.05, 0.1) is 19.1 Å². The predicted octanol–water partition coefficient (Wildman–Crippen LogP) is -2.68. The van der Waals surface area contributed by atoms with Gasteiger partial charge >= 0.3 is 12.0 Å². The molecule has 0 aliphatic carbocycles. The van der Waals surface area contributed by atoms with E-state index in [9.17, 15) is 19.2 Å². The second kappa shape index (κ2) is 8.70. The Labute approximate surface area is 140 Å². The number of nitrogens with one attached hydrogen (secondary N) is 2. The van der Waals surface area contributed by atoms with Crippen molar-refractivity contribution in [3.8, 4) is 0 Å². The number of carboxylic acids is 1. The summed E-state index contributed by atoms with van der Waals surface area (Å²) in [5.41, 5.74) is 10.6. The number of aliphatic carboxylic acids is 1. The molecule has 1 heterocycles. The SMILES string of the molecule is CC(=O)[C@H](NC(=O)N[C@@H](CC(N)=O)c1nc([C@@H](N)CO)no1)C(=O)O. The van der Waals surface area contributed by atoms with Crippen LogP contribution in [0.25, 0.3) is 0 Å². The zero-order valence-electron chi connectivity index (χ0n) is 13.1. The summed E-state index contributed by atoms with van der Waals surface area (Å²) in [5, 5.41) is 25.4. The molecule has 138 valence electrons. The summed E-state index contributed by atoms with van der Waals surface area (Å²) in [4.78, 5) is 49.0. The van der Waals surface area contributed by atoms with Crippen LogP contribution in [0.3, 0.4) is 0 Å². The van der Waals surface area contributed by atoms with Gasteiger partial charge < -0.3 is 36.8 Å². The van der Waals surface area contributed by atoms with E-state index in [1.165, 1.54) is 0 Å². The first kappa shape index (κ1) is 20.0. The van der Waals surface area contributed by atoms with Gasteiger partial charge in [-0.05, 0) is 6.92 Å². The van der Waals surface area contributed by atoms with Crippen LogP contribution in [0, 0.1) is 0 Å². The number of aliphatic hydroxyl groups is 1. The summed E-state index contributed by atoms with van der Waals surface area (Å²) in [6.45, 7) is 0.521. The highest BCUT2D eigenvalue weighted by atomic mass is 16.5. The number of aliphatic hydroxyl groups excluding tert-OH is 1. The molecule has 0 radical (unpaired) electrons. The van der Waals surface area contributed by atoms with Crippen molar-refractivity contribution in [1.29, 1.82) is 0 Å². The average Bonchev–Trinajstić information content (AvgIpc) is 3.00. The molecule has 1 rings (SSSR count). The minimum atomic E-state index is -1.77. The molecule has 0 saturated carbocycles. The fraction of sp³-hybridized carbons (Fsp3) is 0.500. The van der Waals surface area contributed by atoms with Crippen LogP contribution in [-0.4, -0.2) is 56.7 Å². The average molecular weight is 358 g/mol. The highest BCUT2D eigenvalue weighted by Gasteiger charge is 2.28. The number of aromatic nitrogens is 2. The number of carbonyl (C=O) groups is 4. The number of Topliss-reactive ketones (excluding diaryl/α,β-unsaturated/α-hetero) is 1. The Bertz CT molecular complexity index is 646. The molecule has 3 atom stereocenters. The fourth-order valence-electron chi connectivity index (χ4n) is 1.69. The Hall–Kier alpha value is -3.06. The number of carbonyl (C=O) groups excluding carboxylic acids is 3. The van der Waals surface area contributed by atoms with E-state index in [1.54, 1.807) is 0 Å². The molecule has 3 amide bonds. The van der Waals surface area contributed by atoms with Crippen LogP contribution in [0.1, 0.15) is 37.1 Å². The van der Waals surface area contributed by atoms with E-state index in [0.717, 1.165) is 6.92 Å². The van der Waals surface area contributed by atoms with Crippen LogP contribution in [0.2, 0.25) is 0 Å². The third kappa shape index (κ3) is 5.82. The molecule has 0 spiro atoms. The van der Waals surface area contributed by atoms with Gasteiger partial charge in [-0.1, -0.05) is 5.16 Å². The third-order valence-corrected chi connectivity index (χ3v) is 2.92. The highest BCUT2D eigenvalue weighted by Crippen LogP contribution is 2.16. The topological polar surface area (TPSA) is 224 Å². The third-order valence-electron chi connectivity index (χ3n) is 2.92. The lowest BCUT2D eigenvalue weighted by atomic mass is 10.2. The van der Waals surface area contributed by atoms with Crippen molar-refractivity contribution < 1.29 is 33.9 Å². The molecule has 1 aromatic rings. The maximum Gasteiger partial charge on any atom is 0.334 e. The van der Waals surface area contributed by atoms with Crippen LogP contribution in [-0.2, 0) is 14.4 Å². The van der Waals surface area contributed by atoms with Gasteiger partial charge in [-0.25, -0.2) is 9.59 Å². The number of rotatable bonds is 9. The summed E-state index contributed by atoms with van der Waals surface area (Å²) in [5.74, 6) is -3.48. The van der Waals surface area contributed by atoms with Gasteiger partial charge in [-0.15, -0.1) is 0 Å². The van der Waals surface area contributed by atoms with Gasteiger partial charge in [-0.3, -0.25) is 9.59 Å². The van der Waals surface area contributed by atoms with E-state index >= 15 is 0 Å². The zero-order chi connectivity index (χ0) is 19.1. The predicted molar refractivity (Wildman–Crippen MR) is 78.6 cm³/mol. The molecular formula is C12H18N6O7. The van der Waals surface area contributed by atoms with Crippen molar-refractivity contribution in [3.05, 3.63) is 11.7 Å². The number of hydrogen-bond donors (Lipinski definition) is 6. The largest absolute Gasteiger partial charge is 0.479 e. The number of nitrogens with two attached hydrogens (primary N) is 2. The normalized spacial score (nSPS) is 14.2. The van der Waals surface area contributed by atoms with Crippen molar-refractivity contribution in [2.24, 2.45) is 11.5 Å². The Balaban J connectivity index is 2.90. The quantitative estimate of drug-likeness (QED) is 0.251. The standard InChI is InChI=1S/C12H18N6O7/c1-4(20)8(11(22)23)16-12(24)15-6(2-7(14)21)10-17-9(18-25-10)5(13)3-19/h5-6,8,19H,2-3,13H2,1H3,(H2,14,21)(H,22,23)(H2,15,16,24)/t5-,6-,8-/m0/s1. The number of nitrogens with zero attached hydrogens (tertiary/aromatic N) is 2. The van der Waals surface area contributed by atoms with Crippen molar-refractivity contribution in [3.63, 3.8) is 0 Å². The molecule has 13 heteroatoms. The monoisotopic (exact) mass is 358 g/mol. The van der Waals surface area contributed by atoms with Crippen molar-refractivity contribution in [2.75, 3.05) is 6.61 Å². The van der Waals surface area contributed by atoms with Crippen molar-refractivity contribution in [1.82, 2.24) is 20.8 Å². The first-order chi connectivity index (χ1) is 11.6. The van der Waals surface area contributed by atoms with E-state index in [0.29, 0.717) is 0 Å². The van der Waals surface area contributed by atoms with Gasteiger partial charge in [0.2, 0.25) is 11.8 Å². The summed E-state index contributed by atoms with van der Waals surface area (Å²) in [6.07, 6.45) is -0.443. The molecule has 0 aromatic carbocycles. The Kier molecular flexibility index (Phi) is 6.95. The van der Waals surface area contributed by atoms with Crippen molar-refractivity contribution in [2.45, 2.75) is 31.5 Å². The first-order valence-electron chi connectivity index (χ1n) is 6.94. The second-order valence-electron chi connectivity index (χ2n) is 5.00. The zero-order valence-corrected chi connectivity index (χ0v) is 13.1. The van der Waals surface area contributed by atoms with E-state index in [4.69, 9.17) is 26.2 Å². The maximum atomic E-state index is 11.9. The molecule has 0 aliphatic heterocycles. The summed E-state index contributed by atoms with van der Waals surface area (Å²) >= 11 is 0. The molecule has 25 heavy (non-hydrogen) atoms. The van der Waals surface area contributed by atoms with Gasteiger partial charge in [0.15, 0.2) is 17.6 Å². The van der Waals surface area contributed by atoms with Crippen molar-refractivity contribution >= 4 is 23.7 Å². The smallest absolute Gasteiger partial charge is 0.334 e.